The van der Waals surface area contributed by atoms with Crippen molar-refractivity contribution in [3.05, 3.63) is 54.6 Å². The molecule has 0 atom stereocenters. The number of hydrogen-bond donors (Lipinski definition) is 1. The molecule has 0 spiro atoms. The van der Waals surface area contributed by atoms with Gasteiger partial charge in [-0.25, -0.2) is 37.4 Å². The van der Waals surface area contributed by atoms with Crippen molar-refractivity contribution in [2.45, 2.75) is 43.0 Å². The first-order valence-corrected chi connectivity index (χ1v) is 8.57. The fourth-order valence-electron chi connectivity index (χ4n) is 2.36. The molecule has 0 aliphatic heterocycles. The third kappa shape index (κ3) is 6.18. The molecular formula is C16H21FeNO2S. The molecule has 1 aliphatic carbocycles. The van der Waals surface area contributed by atoms with Gasteiger partial charge in [0.1, 0.15) is 0 Å². The van der Waals surface area contributed by atoms with Crippen molar-refractivity contribution in [3.63, 3.8) is 0 Å². The summed E-state index contributed by atoms with van der Waals surface area (Å²) >= 11 is 0. The zero-order valence-electron chi connectivity index (χ0n) is 11.9. The number of nitrogens with one attached hydrogen (secondary N) is 1. The van der Waals surface area contributed by atoms with Crippen molar-refractivity contribution in [3.8, 4) is 0 Å². The molecule has 2 aromatic rings. The average Bonchev–Trinajstić information content (AvgIpc) is 3.16. The van der Waals surface area contributed by atoms with Crippen molar-refractivity contribution in [1.82, 2.24) is 4.72 Å². The minimum atomic E-state index is -3.27. The van der Waals surface area contributed by atoms with E-state index < -0.39 is 10.0 Å². The van der Waals surface area contributed by atoms with Crippen molar-refractivity contribution in [1.29, 1.82) is 0 Å². The molecule has 0 amide bonds. The van der Waals surface area contributed by atoms with E-state index in [1.807, 2.05) is 30.3 Å². The molecule has 0 unspecified atom stereocenters. The Morgan fingerprint density at radius 3 is 2.00 bits per heavy atom. The Bertz CT molecular complexity index is 538. The maximum atomic E-state index is 11.9. The van der Waals surface area contributed by atoms with Gasteiger partial charge in [-0.1, -0.05) is 19.3 Å². The molecule has 1 saturated carbocycles. The summed E-state index contributed by atoms with van der Waals surface area (Å²) in [6.07, 6.45) is 5.44. The van der Waals surface area contributed by atoms with Gasteiger partial charge >= 0.3 is 17.1 Å². The largest absolute Gasteiger partial charge is 2.00 e. The maximum absolute atomic E-state index is 11.9. The van der Waals surface area contributed by atoms with Gasteiger partial charge in [-0.05, 0) is 17.7 Å². The van der Waals surface area contributed by atoms with Gasteiger partial charge < -0.3 is 0 Å². The molecule has 5 heteroatoms. The maximum Gasteiger partial charge on any atom is 2.00 e. The predicted octanol–water partition coefficient (Wildman–Crippen LogP) is 3.42. The molecule has 1 N–H and O–H groups in total. The standard InChI is InChI=1S/C11H16NO2S.C5H5.Fe/c13-15(14,11-8-4-5-9-11)12-10-6-2-1-3-7-10;1-2-4-5-3-1;/h4-5,8-10,12H,1-3,6-7H2;1-5H;/q2*-1;+2. The second-order valence-electron chi connectivity index (χ2n) is 5.04. The average molecular weight is 347 g/mol. The SMILES string of the molecule is O=S(=O)(NC1CCCCC1)[c-]1cccc1.[Fe+2].c1cc[cH-]c1. The zero-order chi connectivity index (χ0) is 14.3. The van der Waals surface area contributed by atoms with E-state index in [4.69, 9.17) is 0 Å². The van der Waals surface area contributed by atoms with Gasteiger partial charge in [-0.15, -0.1) is 0 Å². The molecular weight excluding hydrogens is 326 g/mol. The van der Waals surface area contributed by atoms with Crippen molar-refractivity contribution in [2.75, 3.05) is 0 Å². The summed E-state index contributed by atoms with van der Waals surface area (Å²) < 4.78 is 26.5. The summed E-state index contributed by atoms with van der Waals surface area (Å²) in [6.45, 7) is 0. The summed E-state index contributed by atoms with van der Waals surface area (Å²) in [5, 5.41) is 0. The van der Waals surface area contributed by atoms with Crippen LogP contribution >= 0.6 is 0 Å². The van der Waals surface area contributed by atoms with Crippen LogP contribution in [0.5, 0.6) is 0 Å². The predicted molar refractivity (Wildman–Crippen MR) is 81.3 cm³/mol. The first-order chi connectivity index (χ1) is 9.68. The van der Waals surface area contributed by atoms with Crippen LogP contribution in [0.1, 0.15) is 32.1 Å². The molecule has 1 aliphatic rings. The number of hydrogen-bond acceptors (Lipinski definition) is 2. The van der Waals surface area contributed by atoms with E-state index in [-0.39, 0.29) is 23.1 Å². The van der Waals surface area contributed by atoms with Gasteiger partial charge in [0.15, 0.2) is 10.0 Å². The zero-order valence-corrected chi connectivity index (χ0v) is 13.8. The Morgan fingerprint density at radius 1 is 0.952 bits per heavy atom. The van der Waals surface area contributed by atoms with Crippen molar-refractivity contribution in [2.24, 2.45) is 0 Å². The van der Waals surface area contributed by atoms with Gasteiger partial charge in [-0.3, -0.25) is 0 Å². The summed E-state index contributed by atoms with van der Waals surface area (Å²) in [7, 11) is -3.27. The molecule has 0 aromatic heterocycles. The molecule has 0 radical (unpaired) electrons. The molecule has 3 rings (SSSR count). The molecule has 3 nitrogen and oxygen atoms in total. The van der Waals surface area contributed by atoms with E-state index in [1.165, 1.54) is 6.42 Å². The summed E-state index contributed by atoms with van der Waals surface area (Å²) in [5.74, 6) is 0. The molecule has 21 heavy (non-hydrogen) atoms. The monoisotopic (exact) mass is 347 g/mol. The fourth-order valence-corrected chi connectivity index (χ4v) is 3.69. The normalized spacial score (nSPS) is 15.6. The second kappa shape index (κ2) is 9.21. The Labute approximate surface area is 138 Å². The second-order valence-corrected chi connectivity index (χ2v) is 6.75. The molecule has 0 bridgehead atoms. The first kappa shape index (κ1) is 18.2. The topological polar surface area (TPSA) is 46.2 Å². The number of sulfonamides is 1. The van der Waals surface area contributed by atoms with E-state index in [0.29, 0.717) is 4.90 Å². The van der Waals surface area contributed by atoms with Crippen LogP contribution in [0.25, 0.3) is 0 Å². The van der Waals surface area contributed by atoms with Gasteiger partial charge in [0.25, 0.3) is 0 Å². The molecule has 0 heterocycles. The molecule has 0 saturated heterocycles. The summed E-state index contributed by atoms with van der Waals surface area (Å²) in [6, 6.07) is 16.9. The van der Waals surface area contributed by atoms with Crippen LogP contribution in [0.3, 0.4) is 0 Å². The molecule has 116 valence electrons. The van der Waals surface area contributed by atoms with Crippen LogP contribution in [0.4, 0.5) is 0 Å². The van der Waals surface area contributed by atoms with E-state index in [9.17, 15) is 8.42 Å². The molecule has 1 fully saturated rings. The smallest absolute Gasteiger partial charge is 0.220 e. The van der Waals surface area contributed by atoms with Crippen LogP contribution in [-0.4, -0.2) is 14.5 Å². The van der Waals surface area contributed by atoms with Crippen molar-refractivity contribution < 1.29 is 25.5 Å². The van der Waals surface area contributed by atoms with Gasteiger partial charge in [0, 0.05) is 6.04 Å². The van der Waals surface area contributed by atoms with Crippen LogP contribution in [0, 0.1) is 0 Å². The van der Waals surface area contributed by atoms with Crippen LogP contribution < -0.4 is 4.72 Å². The summed E-state index contributed by atoms with van der Waals surface area (Å²) in [4.78, 5) is 0.382. The fraction of sp³-hybridized carbons (Fsp3) is 0.375. The third-order valence-corrected chi connectivity index (χ3v) is 4.96. The van der Waals surface area contributed by atoms with Gasteiger partial charge in [0.2, 0.25) is 0 Å². The van der Waals surface area contributed by atoms with E-state index in [1.54, 1.807) is 24.3 Å². The van der Waals surface area contributed by atoms with E-state index in [0.717, 1.165) is 25.7 Å². The summed E-state index contributed by atoms with van der Waals surface area (Å²) in [5.41, 5.74) is 0. The number of rotatable bonds is 3. The Hall–Kier alpha value is -0.871. The van der Waals surface area contributed by atoms with E-state index >= 15 is 0 Å². The van der Waals surface area contributed by atoms with Gasteiger partial charge in [-0.2, -0.15) is 30.3 Å². The van der Waals surface area contributed by atoms with E-state index in [2.05, 4.69) is 4.72 Å². The molecule has 2 aromatic carbocycles. The van der Waals surface area contributed by atoms with Crippen LogP contribution in [0.2, 0.25) is 0 Å². The first-order valence-electron chi connectivity index (χ1n) is 7.09. The Balaban J connectivity index is 0.000000313. The Morgan fingerprint density at radius 2 is 1.52 bits per heavy atom. The Kier molecular flexibility index (Phi) is 7.97. The minimum Gasteiger partial charge on any atom is -0.220 e. The van der Waals surface area contributed by atoms with Crippen molar-refractivity contribution >= 4 is 10.0 Å². The van der Waals surface area contributed by atoms with Gasteiger partial charge in [0.05, 0.1) is 0 Å². The van der Waals surface area contributed by atoms with Crippen LogP contribution in [-0.2, 0) is 27.1 Å². The van der Waals surface area contributed by atoms with Crippen LogP contribution in [0.15, 0.2) is 59.5 Å². The minimum absolute atomic E-state index is 0. The third-order valence-electron chi connectivity index (χ3n) is 3.42. The quantitative estimate of drug-likeness (QED) is 0.683.